The van der Waals surface area contributed by atoms with E-state index in [1.54, 1.807) is 18.0 Å². The zero-order valence-corrected chi connectivity index (χ0v) is 8.30. The van der Waals surface area contributed by atoms with E-state index >= 15 is 0 Å². The second kappa shape index (κ2) is 3.46. The Hall–Kier alpha value is -0.900. The van der Waals surface area contributed by atoms with Crippen molar-refractivity contribution in [3.05, 3.63) is 12.3 Å². The van der Waals surface area contributed by atoms with Crippen LogP contribution in [0.15, 0.2) is 17.3 Å². The molecule has 70 valence electrons. The van der Waals surface area contributed by atoms with Crippen LogP contribution in [0.25, 0.3) is 0 Å². The monoisotopic (exact) mass is 196 g/mol. The molecule has 0 spiro atoms. The van der Waals surface area contributed by atoms with Crippen LogP contribution in [-0.2, 0) is 0 Å². The minimum Gasteiger partial charge on any atom is -0.488 e. The van der Waals surface area contributed by atoms with Crippen molar-refractivity contribution in [2.45, 2.75) is 24.0 Å². The lowest BCUT2D eigenvalue weighted by Gasteiger charge is -2.08. The molecule has 1 aromatic heterocycles. The molecule has 2 rings (SSSR count). The van der Waals surface area contributed by atoms with Crippen molar-refractivity contribution in [3.63, 3.8) is 0 Å². The van der Waals surface area contributed by atoms with Crippen molar-refractivity contribution < 1.29 is 4.74 Å². The fraction of sp³-hybridized carbons (Fsp3) is 0.444. The Bertz CT molecular complexity index is 312. The summed E-state index contributed by atoms with van der Waals surface area (Å²) in [6.45, 7) is 0. The molecule has 0 radical (unpaired) electrons. The third-order valence-corrected chi connectivity index (χ3v) is 2.54. The molecule has 0 amide bonds. The van der Waals surface area contributed by atoms with Crippen LogP contribution in [0.4, 0.5) is 5.69 Å². The number of nitrogens with zero attached hydrogens (tertiary/aromatic N) is 1. The third-order valence-electron chi connectivity index (χ3n) is 1.85. The van der Waals surface area contributed by atoms with Gasteiger partial charge in [0.05, 0.1) is 18.0 Å². The van der Waals surface area contributed by atoms with Gasteiger partial charge in [-0.3, -0.25) is 0 Å². The fourth-order valence-electron chi connectivity index (χ4n) is 1.05. The maximum Gasteiger partial charge on any atom is 0.153 e. The molecular weight excluding hydrogens is 184 g/mol. The number of anilines is 1. The van der Waals surface area contributed by atoms with Crippen molar-refractivity contribution in [1.29, 1.82) is 0 Å². The Labute approximate surface area is 81.7 Å². The number of nitrogen functional groups attached to an aromatic ring is 1. The Morgan fingerprint density at radius 2 is 2.38 bits per heavy atom. The second-order valence-electron chi connectivity index (χ2n) is 3.09. The first kappa shape index (κ1) is 8.69. The lowest BCUT2D eigenvalue weighted by Crippen LogP contribution is -1.99. The highest BCUT2D eigenvalue weighted by molar-refractivity contribution is 7.98. The molecule has 0 aromatic carbocycles. The van der Waals surface area contributed by atoms with Gasteiger partial charge in [0.15, 0.2) is 5.75 Å². The van der Waals surface area contributed by atoms with Gasteiger partial charge in [-0.05, 0) is 19.1 Å². The highest BCUT2D eigenvalue weighted by Gasteiger charge is 2.24. The van der Waals surface area contributed by atoms with Crippen molar-refractivity contribution in [1.82, 2.24) is 4.98 Å². The number of nitrogens with two attached hydrogens (primary N) is 1. The smallest absolute Gasteiger partial charge is 0.153 e. The maximum atomic E-state index is 5.66. The van der Waals surface area contributed by atoms with Crippen LogP contribution in [0.3, 0.4) is 0 Å². The van der Waals surface area contributed by atoms with Crippen molar-refractivity contribution in [3.8, 4) is 5.75 Å². The second-order valence-corrected chi connectivity index (χ2v) is 3.89. The summed E-state index contributed by atoms with van der Waals surface area (Å²) in [6, 6.07) is 1.84. The van der Waals surface area contributed by atoms with E-state index in [-0.39, 0.29) is 0 Å². The van der Waals surface area contributed by atoms with Crippen LogP contribution in [0, 0.1) is 0 Å². The minimum absolute atomic E-state index is 0.398. The molecule has 1 aromatic rings. The predicted molar refractivity (Wildman–Crippen MR) is 54.1 cm³/mol. The number of hydrogen-bond donors (Lipinski definition) is 1. The van der Waals surface area contributed by atoms with Crippen LogP contribution in [0.2, 0.25) is 0 Å². The van der Waals surface area contributed by atoms with Gasteiger partial charge in [0.1, 0.15) is 5.03 Å². The predicted octanol–water partition coefficient (Wildman–Crippen LogP) is 1.93. The Morgan fingerprint density at radius 3 is 3.00 bits per heavy atom. The molecule has 1 heterocycles. The molecule has 1 aliphatic rings. The summed E-state index contributed by atoms with van der Waals surface area (Å²) in [7, 11) is 0. The lowest BCUT2D eigenvalue weighted by atomic mass is 10.4. The molecule has 2 N–H and O–H groups in total. The number of ether oxygens (including phenoxy) is 1. The van der Waals surface area contributed by atoms with Crippen molar-refractivity contribution in [2.75, 3.05) is 12.0 Å². The maximum absolute atomic E-state index is 5.66. The van der Waals surface area contributed by atoms with Gasteiger partial charge in [-0.2, -0.15) is 0 Å². The van der Waals surface area contributed by atoms with E-state index in [4.69, 9.17) is 10.5 Å². The summed E-state index contributed by atoms with van der Waals surface area (Å²) in [6.07, 6.45) is 6.35. The van der Waals surface area contributed by atoms with Gasteiger partial charge in [-0.25, -0.2) is 4.98 Å². The van der Waals surface area contributed by atoms with Crippen LogP contribution in [0.1, 0.15) is 12.8 Å². The molecular formula is C9H12N2OS. The first-order valence-electron chi connectivity index (χ1n) is 4.26. The molecule has 4 heteroatoms. The minimum atomic E-state index is 0.398. The van der Waals surface area contributed by atoms with E-state index in [1.165, 1.54) is 0 Å². The number of pyridine rings is 1. The molecule has 0 bridgehead atoms. The summed E-state index contributed by atoms with van der Waals surface area (Å²) >= 11 is 1.58. The van der Waals surface area contributed by atoms with Crippen LogP contribution in [0.5, 0.6) is 5.75 Å². The van der Waals surface area contributed by atoms with Gasteiger partial charge in [-0.15, -0.1) is 11.8 Å². The molecule has 1 fully saturated rings. The molecule has 1 saturated carbocycles. The lowest BCUT2D eigenvalue weighted by molar-refractivity contribution is 0.294. The Kier molecular flexibility index (Phi) is 2.31. The summed E-state index contributed by atoms with van der Waals surface area (Å²) in [4.78, 5) is 4.19. The quantitative estimate of drug-likeness (QED) is 0.750. The molecule has 0 saturated heterocycles. The summed E-state index contributed by atoms with van der Waals surface area (Å²) in [5.74, 6) is 0.829. The average molecular weight is 196 g/mol. The largest absolute Gasteiger partial charge is 0.488 e. The Morgan fingerprint density at radius 1 is 1.62 bits per heavy atom. The molecule has 3 nitrogen and oxygen atoms in total. The van der Waals surface area contributed by atoms with Crippen molar-refractivity contribution in [2.24, 2.45) is 0 Å². The zero-order chi connectivity index (χ0) is 9.26. The van der Waals surface area contributed by atoms with E-state index in [2.05, 4.69) is 4.98 Å². The molecule has 13 heavy (non-hydrogen) atoms. The van der Waals surface area contributed by atoms with E-state index < -0.39 is 0 Å². The molecule has 0 unspecified atom stereocenters. The van der Waals surface area contributed by atoms with Gasteiger partial charge in [-0.1, -0.05) is 0 Å². The van der Waals surface area contributed by atoms with E-state index in [0.717, 1.165) is 23.6 Å². The fourth-order valence-corrected chi connectivity index (χ4v) is 1.52. The number of hydrogen-bond acceptors (Lipinski definition) is 4. The van der Waals surface area contributed by atoms with Gasteiger partial charge in [0, 0.05) is 6.07 Å². The molecule has 1 aliphatic carbocycles. The first-order chi connectivity index (χ1) is 6.29. The summed E-state index contributed by atoms with van der Waals surface area (Å²) < 4.78 is 5.66. The normalized spacial score (nSPS) is 15.8. The number of rotatable bonds is 3. The Balaban J connectivity index is 2.22. The number of aromatic nitrogens is 1. The SMILES string of the molecule is CSc1ncc(N)cc1OC1CC1. The summed E-state index contributed by atoms with van der Waals surface area (Å²) in [5.41, 5.74) is 6.29. The standard InChI is InChI=1S/C9H12N2OS/c1-13-9-8(12-7-2-3-7)4-6(10)5-11-9/h4-5,7H,2-3,10H2,1H3. The van der Waals surface area contributed by atoms with Gasteiger partial charge in [0.25, 0.3) is 0 Å². The van der Waals surface area contributed by atoms with Crippen molar-refractivity contribution >= 4 is 17.4 Å². The van der Waals surface area contributed by atoms with Crippen LogP contribution < -0.4 is 10.5 Å². The topological polar surface area (TPSA) is 48.1 Å². The number of thioether (sulfide) groups is 1. The van der Waals surface area contributed by atoms with E-state index in [0.29, 0.717) is 11.8 Å². The van der Waals surface area contributed by atoms with Gasteiger partial charge in [0.2, 0.25) is 0 Å². The highest BCUT2D eigenvalue weighted by Crippen LogP contribution is 2.33. The van der Waals surface area contributed by atoms with E-state index in [9.17, 15) is 0 Å². The molecule has 0 atom stereocenters. The zero-order valence-electron chi connectivity index (χ0n) is 7.49. The highest BCUT2D eigenvalue weighted by atomic mass is 32.2. The van der Waals surface area contributed by atoms with E-state index in [1.807, 2.05) is 12.3 Å². The third kappa shape index (κ3) is 2.06. The van der Waals surface area contributed by atoms with Gasteiger partial charge < -0.3 is 10.5 Å². The van der Waals surface area contributed by atoms with Crippen LogP contribution >= 0.6 is 11.8 Å². The average Bonchev–Trinajstić information content (AvgIpc) is 2.89. The summed E-state index contributed by atoms with van der Waals surface area (Å²) in [5, 5.41) is 0.918. The van der Waals surface area contributed by atoms with Crippen LogP contribution in [-0.4, -0.2) is 17.3 Å². The molecule has 0 aliphatic heterocycles. The van der Waals surface area contributed by atoms with Gasteiger partial charge >= 0.3 is 0 Å². The first-order valence-corrected chi connectivity index (χ1v) is 5.48.